The topological polar surface area (TPSA) is 135 Å². The average molecular weight is 957 g/mol. The van der Waals surface area contributed by atoms with Crippen LogP contribution in [0.4, 0.5) is 5.13 Å². The van der Waals surface area contributed by atoms with E-state index in [9.17, 15) is 14.4 Å². The third kappa shape index (κ3) is 8.74. The fourth-order valence-corrected chi connectivity index (χ4v) is 12.7. The van der Waals surface area contributed by atoms with Crippen LogP contribution in [-0.4, -0.2) is 62.6 Å². The number of esters is 1. The van der Waals surface area contributed by atoms with Gasteiger partial charge in [0, 0.05) is 16.0 Å². The van der Waals surface area contributed by atoms with Crippen LogP contribution in [0.5, 0.6) is 0 Å². The lowest BCUT2D eigenvalue weighted by atomic mass is 9.77. The van der Waals surface area contributed by atoms with Crippen LogP contribution < -0.4 is 10.6 Å². The zero-order chi connectivity index (χ0) is 45.7. The molecule has 8 aromatic rings. The van der Waals surface area contributed by atoms with Gasteiger partial charge in [-0.3, -0.25) is 14.5 Å². The van der Waals surface area contributed by atoms with Crippen molar-refractivity contribution >= 4 is 85.0 Å². The molecule has 67 heavy (non-hydrogen) atoms. The number of thioether (sulfide) groups is 2. The van der Waals surface area contributed by atoms with Crippen LogP contribution in [0.15, 0.2) is 201 Å². The molecule has 0 spiro atoms. The van der Waals surface area contributed by atoms with Gasteiger partial charge in [-0.1, -0.05) is 181 Å². The van der Waals surface area contributed by atoms with Crippen LogP contribution in [0.1, 0.15) is 39.6 Å². The molecule has 1 saturated heterocycles. The largest absolute Gasteiger partial charge is 0.448 e. The number of nitrogens with one attached hydrogen (secondary N) is 2. The molecular formula is C52H40N6O5S4. The SMILES string of the molecule is CO/N=C(\C(=O)NC1C(=O)N2C(C(=O)OC(c3ccccc3)c3ccccc3)=C(Sc3nc4ccccc4s3)CS[C@H]12)c1csc(NC(c2ccccc2)(c2ccccc2)c2ccccc2)n1. The highest BCUT2D eigenvalue weighted by Gasteiger charge is 2.55. The van der Waals surface area contributed by atoms with Crippen LogP contribution in [0.3, 0.4) is 0 Å². The van der Waals surface area contributed by atoms with E-state index in [4.69, 9.17) is 19.5 Å². The van der Waals surface area contributed by atoms with Crippen LogP contribution in [0.2, 0.25) is 0 Å². The number of anilines is 1. The minimum Gasteiger partial charge on any atom is -0.448 e. The Hall–Kier alpha value is -7.04. The molecular weight excluding hydrogens is 917 g/mol. The van der Waals surface area contributed by atoms with Crippen molar-refractivity contribution in [3.63, 3.8) is 0 Å². The van der Waals surface area contributed by atoms with E-state index in [0.717, 1.165) is 42.4 Å². The molecule has 2 aliphatic heterocycles. The van der Waals surface area contributed by atoms with Gasteiger partial charge in [-0.25, -0.2) is 14.8 Å². The molecule has 6 aromatic carbocycles. The fraction of sp³-hybridized carbons (Fsp3) is 0.115. The van der Waals surface area contributed by atoms with Crippen LogP contribution in [0, 0.1) is 0 Å². The Kier molecular flexibility index (Phi) is 12.7. The predicted molar refractivity (Wildman–Crippen MR) is 267 cm³/mol. The predicted octanol–water partition coefficient (Wildman–Crippen LogP) is 10.2. The second-order valence-electron chi connectivity index (χ2n) is 15.4. The van der Waals surface area contributed by atoms with Gasteiger partial charge in [-0.05, 0) is 39.9 Å². The number of carbonyl (C=O) groups excluding carboxylic acids is 3. The van der Waals surface area contributed by atoms with Crippen molar-refractivity contribution in [2.24, 2.45) is 5.16 Å². The summed E-state index contributed by atoms with van der Waals surface area (Å²) in [5.41, 5.74) is 4.76. The van der Waals surface area contributed by atoms with E-state index in [1.165, 1.54) is 58.2 Å². The third-order valence-electron chi connectivity index (χ3n) is 11.4. The molecule has 2 aliphatic rings. The highest BCUT2D eigenvalue weighted by molar-refractivity contribution is 8.07. The number of ether oxygens (including phenoxy) is 1. The Morgan fingerprint density at radius 1 is 0.761 bits per heavy atom. The number of rotatable bonds is 15. The maximum absolute atomic E-state index is 14.7. The van der Waals surface area contributed by atoms with E-state index in [2.05, 4.69) is 52.2 Å². The summed E-state index contributed by atoms with van der Waals surface area (Å²) >= 11 is 5.62. The number of carbonyl (C=O) groups is 3. The summed E-state index contributed by atoms with van der Waals surface area (Å²) in [6, 6.07) is 56.2. The van der Waals surface area contributed by atoms with Crippen molar-refractivity contribution in [3.05, 3.63) is 225 Å². The number of hydrogen-bond acceptors (Lipinski definition) is 13. The van der Waals surface area contributed by atoms with Crippen molar-refractivity contribution < 1.29 is 24.0 Å². The molecule has 2 aromatic heterocycles. The summed E-state index contributed by atoms with van der Waals surface area (Å²) in [5, 5.41) is 12.4. The zero-order valence-corrected chi connectivity index (χ0v) is 39.0. The molecule has 2 N–H and O–H groups in total. The van der Waals surface area contributed by atoms with Crippen molar-refractivity contribution in [2.75, 3.05) is 18.2 Å². The van der Waals surface area contributed by atoms with Gasteiger partial charge < -0.3 is 20.2 Å². The van der Waals surface area contributed by atoms with Crippen LogP contribution in [-0.2, 0) is 29.5 Å². The van der Waals surface area contributed by atoms with Crippen molar-refractivity contribution in [1.82, 2.24) is 20.2 Å². The Balaban J connectivity index is 0.934. The highest BCUT2D eigenvalue weighted by Crippen LogP contribution is 2.47. The van der Waals surface area contributed by atoms with E-state index < -0.39 is 40.8 Å². The summed E-state index contributed by atoms with van der Waals surface area (Å²) in [7, 11) is 1.35. The number of oxime groups is 1. The molecule has 1 fully saturated rings. The molecule has 4 heterocycles. The Labute approximate surface area is 403 Å². The minimum absolute atomic E-state index is 0.112. The summed E-state index contributed by atoms with van der Waals surface area (Å²) in [5.74, 6) is -1.42. The van der Waals surface area contributed by atoms with Gasteiger partial charge in [0.05, 0.1) is 10.2 Å². The van der Waals surface area contributed by atoms with E-state index >= 15 is 0 Å². The number of para-hydroxylation sites is 1. The minimum atomic E-state index is -0.992. The number of amides is 2. The first-order valence-corrected chi connectivity index (χ1v) is 24.8. The van der Waals surface area contributed by atoms with Gasteiger partial charge in [0.15, 0.2) is 21.3 Å². The molecule has 11 nitrogen and oxygen atoms in total. The van der Waals surface area contributed by atoms with Gasteiger partial charge in [0.25, 0.3) is 11.8 Å². The number of β-lactam (4-membered cyclic amide) rings is 1. The summed E-state index contributed by atoms with van der Waals surface area (Å²) in [4.78, 5) is 60.4. The maximum Gasteiger partial charge on any atom is 0.356 e. The van der Waals surface area contributed by atoms with Crippen LogP contribution >= 0.6 is 46.2 Å². The molecule has 0 radical (unpaired) electrons. The monoisotopic (exact) mass is 956 g/mol. The molecule has 2 atom stereocenters. The van der Waals surface area contributed by atoms with E-state index in [1.54, 1.807) is 5.38 Å². The zero-order valence-electron chi connectivity index (χ0n) is 35.7. The molecule has 0 bridgehead atoms. The third-order valence-corrected chi connectivity index (χ3v) is 15.8. The quantitative estimate of drug-likeness (QED) is 0.0336. The molecule has 2 amide bonds. The number of fused-ring (bicyclic) bond motifs is 2. The molecule has 0 aliphatic carbocycles. The molecule has 1 unspecified atom stereocenters. The van der Waals surface area contributed by atoms with Crippen molar-refractivity contribution in [2.45, 2.75) is 27.4 Å². The van der Waals surface area contributed by atoms with Gasteiger partial charge in [0.1, 0.15) is 35.5 Å². The lowest BCUT2D eigenvalue weighted by Crippen LogP contribution is -2.71. The van der Waals surface area contributed by atoms with Gasteiger partial charge in [-0.2, -0.15) is 0 Å². The number of aromatic nitrogens is 2. The van der Waals surface area contributed by atoms with E-state index in [-0.39, 0.29) is 17.1 Å². The molecule has 10 rings (SSSR count). The molecule has 0 saturated carbocycles. The van der Waals surface area contributed by atoms with Crippen LogP contribution in [0.25, 0.3) is 10.2 Å². The standard InChI is InChI=1S/C52H40N6O5S4/c1-62-57-42(39-31-65-50(53-39)56-52(35-23-11-4-12-24-35,36-25-13-5-14-26-36)37-27-15-6-16-28-37)46(59)55-43-47(60)58-44(41(32-64-48(43)58)67-51-54-38-29-17-18-30-40(38)66-51)49(61)63-45(33-19-7-2-8-20-33)34-21-9-3-10-22-34/h2-31,43,45,48H,32H2,1H3,(H,53,56)(H,55,59)/b57-42-/t43?,48-/m1/s1. The highest BCUT2D eigenvalue weighted by atomic mass is 32.2. The number of hydrogen-bond donors (Lipinski definition) is 2. The fourth-order valence-electron chi connectivity index (χ4n) is 8.29. The van der Waals surface area contributed by atoms with Gasteiger partial charge >= 0.3 is 5.97 Å². The first kappa shape index (κ1) is 43.8. The second kappa shape index (κ2) is 19.4. The summed E-state index contributed by atoms with van der Waals surface area (Å²) in [6.45, 7) is 0. The number of benzene rings is 6. The van der Waals surface area contributed by atoms with Gasteiger partial charge in [0.2, 0.25) is 0 Å². The lowest BCUT2D eigenvalue weighted by Gasteiger charge is -2.49. The van der Waals surface area contributed by atoms with Crippen molar-refractivity contribution in [1.29, 1.82) is 0 Å². The maximum atomic E-state index is 14.7. The smallest absolute Gasteiger partial charge is 0.356 e. The molecule has 15 heteroatoms. The first-order chi connectivity index (χ1) is 32.9. The number of nitrogens with zero attached hydrogens (tertiary/aromatic N) is 4. The second-order valence-corrected chi connectivity index (χ2v) is 19.8. The summed E-state index contributed by atoms with van der Waals surface area (Å²) in [6.07, 6.45) is -0.750. The summed E-state index contributed by atoms with van der Waals surface area (Å²) < 4.78 is 8.12. The molecule has 332 valence electrons. The van der Waals surface area contributed by atoms with E-state index in [1.807, 2.05) is 140 Å². The van der Waals surface area contributed by atoms with Gasteiger partial charge in [-0.15, -0.1) is 34.4 Å². The Morgan fingerprint density at radius 3 is 1.88 bits per heavy atom. The normalized spacial score (nSPS) is 16.1. The Bertz CT molecular complexity index is 2950. The number of thiazole rings is 2. The average Bonchev–Trinajstić information content (AvgIpc) is 4.03. The first-order valence-electron chi connectivity index (χ1n) is 21.3. The van der Waals surface area contributed by atoms with E-state index in [0.29, 0.717) is 15.8 Å². The lowest BCUT2D eigenvalue weighted by molar-refractivity contribution is -0.154. The Morgan fingerprint density at radius 2 is 1.31 bits per heavy atom. The van der Waals surface area contributed by atoms with Crippen molar-refractivity contribution in [3.8, 4) is 0 Å².